The van der Waals surface area contributed by atoms with Crippen LogP contribution in [0.15, 0.2) is 18.2 Å². The molecule has 0 bridgehead atoms. The quantitative estimate of drug-likeness (QED) is 0.612. The summed E-state index contributed by atoms with van der Waals surface area (Å²) >= 11 is 0. The highest BCUT2D eigenvalue weighted by Gasteiger charge is 2.16. The Labute approximate surface area is 136 Å². The number of amides is 2. The molecule has 0 fully saturated rings. The molecule has 7 heteroatoms. The van der Waals surface area contributed by atoms with Crippen molar-refractivity contribution >= 4 is 17.5 Å². The number of nitrogens with one attached hydrogen (secondary N) is 3. The summed E-state index contributed by atoms with van der Waals surface area (Å²) in [4.78, 5) is 24.6. The van der Waals surface area contributed by atoms with Gasteiger partial charge < -0.3 is 25.0 Å². The molecule has 1 aromatic rings. The Kier molecular flexibility index (Phi) is 7.34. The molecule has 128 valence electrons. The molecule has 1 rings (SSSR count). The van der Waals surface area contributed by atoms with E-state index in [0.717, 1.165) is 4.90 Å². The van der Waals surface area contributed by atoms with Crippen molar-refractivity contribution in [1.82, 2.24) is 5.32 Å². The van der Waals surface area contributed by atoms with Crippen LogP contribution in [0.2, 0.25) is 0 Å². The number of anilines is 1. The van der Waals surface area contributed by atoms with Gasteiger partial charge in [-0.3, -0.25) is 9.59 Å². The first-order valence-corrected chi connectivity index (χ1v) is 7.48. The van der Waals surface area contributed by atoms with E-state index in [1.54, 1.807) is 32.4 Å². The Bertz CT molecular complexity index is 546. The fraction of sp³-hybridized carbons (Fsp3) is 0.500. The molecular formula is C16H26N3O4+. The van der Waals surface area contributed by atoms with Gasteiger partial charge in [0.2, 0.25) is 0 Å². The fourth-order valence-electron chi connectivity index (χ4n) is 2.09. The summed E-state index contributed by atoms with van der Waals surface area (Å²) < 4.78 is 10.4. The Morgan fingerprint density at radius 2 is 1.78 bits per heavy atom. The zero-order valence-electron chi connectivity index (χ0n) is 14.4. The second-order valence-electron chi connectivity index (χ2n) is 5.65. The number of benzene rings is 1. The van der Waals surface area contributed by atoms with Crippen molar-refractivity contribution in [2.75, 3.05) is 39.7 Å². The number of likely N-dealkylation sites (N-methyl/N-ethyl adjacent to an activating group) is 1. The van der Waals surface area contributed by atoms with Crippen molar-refractivity contribution in [3.63, 3.8) is 0 Å². The number of methoxy groups -OCH3 is 2. The molecule has 7 nitrogen and oxygen atoms in total. The molecule has 1 unspecified atom stereocenters. The van der Waals surface area contributed by atoms with Gasteiger partial charge in [-0.2, -0.15) is 0 Å². The van der Waals surface area contributed by atoms with Crippen LogP contribution < -0.4 is 25.0 Å². The number of ether oxygens (including phenoxy) is 2. The second kappa shape index (κ2) is 8.99. The maximum Gasteiger partial charge on any atom is 0.279 e. The van der Waals surface area contributed by atoms with Gasteiger partial charge in [0.25, 0.3) is 11.8 Å². The highest BCUT2D eigenvalue weighted by Crippen LogP contribution is 2.28. The summed E-state index contributed by atoms with van der Waals surface area (Å²) in [6.45, 7) is 4.21. The molecule has 2 amide bonds. The van der Waals surface area contributed by atoms with Crippen molar-refractivity contribution in [2.45, 2.75) is 19.9 Å². The van der Waals surface area contributed by atoms with Crippen LogP contribution in [0.1, 0.15) is 13.8 Å². The van der Waals surface area contributed by atoms with Gasteiger partial charge >= 0.3 is 0 Å². The second-order valence-corrected chi connectivity index (χ2v) is 5.65. The molecule has 0 aliphatic carbocycles. The summed E-state index contributed by atoms with van der Waals surface area (Å²) in [7, 11) is 4.88. The van der Waals surface area contributed by atoms with E-state index in [1.807, 2.05) is 13.8 Å². The Morgan fingerprint density at radius 1 is 1.13 bits per heavy atom. The van der Waals surface area contributed by atoms with E-state index in [0.29, 0.717) is 17.2 Å². The van der Waals surface area contributed by atoms with Crippen LogP contribution in [-0.2, 0) is 9.59 Å². The average molecular weight is 324 g/mol. The summed E-state index contributed by atoms with van der Waals surface area (Å²) in [6, 6.07) is 5.26. The van der Waals surface area contributed by atoms with E-state index >= 15 is 0 Å². The van der Waals surface area contributed by atoms with Crippen molar-refractivity contribution in [3.8, 4) is 11.5 Å². The minimum absolute atomic E-state index is 0.0794. The van der Waals surface area contributed by atoms with E-state index in [1.165, 1.54) is 7.11 Å². The van der Waals surface area contributed by atoms with E-state index in [9.17, 15) is 9.59 Å². The van der Waals surface area contributed by atoms with Gasteiger partial charge in [-0.1, -0.05) is 0 Å². The molecule has 0 aromatic heterocycles. The monoisotopic (exact) mass is 324 g/mol. The molecule has 1 aromatic carbocycles. The molecule has 0 spiro atoms. The molecule has 0 heterocycles. The number of hydrogen-bond donors (Lipinski definition) is 3. The summed E-state index contributed by atoms with van der Waals surface area (Å²) in [5.74, 6) is 0.892. The molecular weight excluding hydrogens is 298 g/mol. The van der Waals surface area contributed by atoms with Gasteiger partial charge in [-0.15, -0.1) is 0 Å². The third-order valence-corrected chi connectivity index (χ3v) is 3.06. The van der Waals surface area contributed by atoms with E-state index < -0.39 is 0 Å². The lowest BCUT2D eigenvalue weighted by Crippen LogP contribution is -3.11. The first kappa shape index (κ1) is 18.8. The van der Waals surface area contributed by atoms with Crippen LogP contribution in [0.25, 0.3) is 0 Å². The molecule has 0 aliphatic heterocycles. The SMILES string of the molecule is COc1ccc(OC)c(NC(=O)C[NH+](C)CC(=O)NC(C)C)c1. The zero-order chi connectivity index (χ0) is 17.4. The van der Waals surface area contributed by atoms with Crippen LogP contribution in [-0.4, -0.2) is 52.2 Å². The molecule has 0 saturated carbocycles. The third kappa shape index (κ3) is 6.56. The molecule has 1 atom stereocenters. The van der Waals surface area contributed by atoms with Crippen LogP contribution in [0.3, 0.4) is 0 Å². The summed E-state index contributed by atoms with van der Waals surface area (Å²) in [6.07, 6.45) is 0. The van der Waals surface area contributed by atoms with Crippen LogP contribution in [0.4, 0.5) is 5.69 Å². The maximum absolute atomic E-state index is 12.1. The number of hydrogen-bond acceptors (Lipinski definition) is 4. The van der Waals surface area contributed by atoms with Crippen molar-refractivity contribution < 1.29 is 24.0 Å². The first-order valence-electron chi connectivity index (χ1n) is 7.48. The maximum atomic E-state index is 12.1. The molecule has 3 N–H and O–H groups in total. The van der Waals surface area contributed by atoms with Crippen molar-refractivity contribution in [1.29, 1.82) is 0 Å². The van der Waals surface area contributed by atoms with Crippen LogP contribution >= 0.6 is 0 Å². The van der Waals surface area contributed by atoms with Crippen LogP contribution in [0.5, 0.6) is 11.5 Å². The molecule has 0 aliphatic rings. The lowest BCUT2D eigenvalue weighted by atomic mass is 10.2. The molecule has 0 radical (unpaired) electrons. The highest BCUT2D eigenvalue weighted by molar-refractivity contribution is 5.93. The van der Waals surface area contributed by atoms with Gasteiger partial charge in [0.1, 0.15) is 11.5 Å². The van der Waals surface area contributed by atoms with E-state index in [-0.39, 0.29) is 30.9 Å². The minimum atomic E-state index is -0.202. The first-order chi connectivity index (χ1) is 10.8. The van der Waals surface area contributed by atoms with Gasteiger partial charge in [0.05, 0.1) is 27.0 Å². The van der Waals surface area contributed by atoms with Gasteiger partial charge in [-0.05, 0) is 26.0 Å². The van der Waals surface area contributed by atoms with Gasteiger partial charge in [-0.25, -0.2) is 0 Å². The lowest BCUT2D eigenvalue weighted by Gasteiger charge is -2.16. The summed E-state index contributed by atoms with van der Waals surface area (Å²) in [5.41, 5.74) is 0.538. The largest absolute Gasteiger partial charge is 0.497 e. The third-order valence-electron chi connectivity index (χ3n) is 3.06. The lowest BCUT2D eigenvalue weighted by molar-refractivity contribution is -0.862. The highest BCUT2D eigenvalue weighted by atomic mass is 16.5. The molecule has 0 saturated heterocycles. The average Bonchev–Trinajstić information content (AvgIpc) is 2.45. The smallest absolute Gasteiger partial charge is 0.279 e. The van der Waals surface area contributed by atoms with E-state index in [2.05, 4.69) is 10.6 Å². The van der Waals surface area contributed by atoms with Gasteiger partial charge in [0.15, 0.2) is 13.1 Å². The standard InChI is InChI=1S/C16H25N3O4/c1-11(2)17-15(20)9-19(3)10-16(21)18-13-8-12(22-4)6-7-14(13)23-5/h6-8,11H,9-10H2,1-5H3,(H,17,20)(H,18,21)/p+1. The van der Waals surface area contributed by atoms with Gasteiger partial charge in [0, 0.05) is 12.1 Å². The topological polar surface area (TPSA) is 81.1 Å². The molecule has 23 heavy (non-hydrogen) atoms. The number of carbonyl (C=O) groups excluding carboxylic acids is 2. The predicted octanol–water partition coefficient (Wildman–Crippen LogP) is -0.318. The summed E-state index contributed by atoms with van der Waals surface area (Å²) in [5, 5.41) is 5.59. The number of rotatable bonds is 8. The van der Waals surface area contributed by atoms with Crippen LogP contribution in [0, 0.1) is 0 Å². The zero-order valence-corrected chi connectivity index (χ0v) is 14.4. The number of quaternary nitrogens is 1. The Hall–Kier alpha value is -2.28. The predicted molar refractivity (Wildman–Crippen MR) is 88.1 cm³/mol. The normalized spacial score (nSPS) is 11.7. The Morgan fingerprint density at radius 3 is 2.35 bits per heavy atom. The van der Waals surface area contributed by atoms with E-state index in [4.69, 9.17) is 9.47 Å². The minimum Gasteiger partial charge on any atom is -0.497 e. The Balaban J connectivity index is 2.61. The van der Waals surface area contributed by atoms with Crippen molar-refractivity contribution in [3.05, 3.63) is 18.2 Å². The fourth-order valence-corrected chi connectivity index (χ4v) is 2.09. The number of carbonyl (C=O) groups is 2. The van der Waals surface area contributed by atoms with Crippen molar-refractivity contribution in [2.24, 2.45) is 0 Å².